The number of hydrogen-bond donors (Lipinski definition) is 0. The molecule has 0 fully saturated rings. The molecule has 240 valence electrons. The minimum absolute atomic E-state index is 0.610. The number of hydrogen-bond acceptors (Lipinski definition) is 3. The minimum atomic E-state index is 0.610. The van der Waals surface area contributed by atoms with E-state index in [1.54, 1.807) is 0 Å². The predicted octanol–water partition coefficient (Wildman–Crippen LogP) is 11.8. The van der Waals surface area contributed by atoms with Crippen LogP contribution in [-0.2, 0) is 0 Å². The van der Waals surface area contributed by atoms with Crippen LogP contribution in [0.1, 0.15) is 0 Å². The molecule has 0 N–H and O–H groups in total. The molecule has 0 spiro atoms. The fourth-order valence-electron chi connectivity index (χ4n) is 8.61. The van der Waals surface area contributed by atoms with Gasteiger partial charge in [0, 0.05) is 49.6 Å². The maximum Gasteiger partial charge on any atom is 0.180 e. The van der Waals surface area contributed by atoms with Crippen molar-refractivity contribution < 1.29 is 0 Å². The third-order valence-electron chi connectivity index (χ3n) is 10.9. The number of pyridine rings is 1. The maximum atomic E-state index is 5.40. The van der Waals surface area contributed by atoms with Crippen LogP contribution in [-0.4, -0.2) is 23.9 Å². The van der Waals surface area contributed by atoms with E-state index < -0.39 is 0 Å². The quantitative estimate of drug-likeness (QED) is 0.189. The second-order valence-electron chi connectivity index (χ2n) is 13.7. The second kappa shape index (κ2) is 10.2. The molecule has 5 heterocycles. The SMILES string of the molecule is c1ccc(-c2cnc3nc(-n4c5cc6ccccc6cc5c5c6c7cccc8c9ccccc9n(c6ccc54)c87)c(-c4ccccc4)nc3c2)cc1. The Balaban J connectivity index is 1.25. The fraction of sp³-hybridized carbons (Fsp3) is 0. The zero-order chi connectivity index (χ0) is 33.9. The van der Waals surface area contributed by atoms with Crippen LogP contribution in [0.2, 0.25) is 0 Å². The molecule has 0 aliphatic heterocycles. The Bertz CT molecular complexity index is 3400. The lowest BCUT2D eigenvalue weighted by molar-refractivity contribution is 1.07. The third-order valence-corrected chi connectivity index (χ3v) is 10.9. The molecule has 0 atom stereocenters. The van der Waals surface area contributed by atoms with Gasteiger partial charge >= 0.3 is 0 Å². The molecule has 12 rings (SSSR count). The molecule has 0 saturated heterocycles. The van der Waals surface area contributed by atoms with Crippen LogP contribution in [0.15, 0.2) is 164 Å². The predicted molar refractivity (Wildman–Crippen MR) is 215 cm³/mol. The number of nitrogens with zero attached hydrogens (tertiary/aromatic N) is 5. The summed E-state index contributed by atoms with van der Waals surface area (Å²) in [6.07, 6.45) is 1.91. The van der Waals surface area contributed by atoms with Gasteiger partial charge in [-0.3, -0.25) is 4.57 Å². The molecule has 0 unspecified atom stereocenters. The third kappa shape index (κ3) is 3.69. The summed E-state index contributed by atoms with van der Waals surface area (Å²) in [5.41, 5.74) is 11.2. The average Bonchev–Trinajstić information content (AvgIpc) is 3.84. The monoisotopic (exact) mass is 661 g/mol. The van der Waals surface area contributed by atoms with Crippen LogP contribution in [0.5, 0.6) is 0 Å². The van der Waals surface area contributed by atoms with Crippen LogP contribution in [0.25, 0.3) is 110 Å². The molecule has 5 heteroatoms. The number of rotatable bonds is 3. The lowest BCUT2D eigenvalue weighted by Crippen LogP contribution is -2.04. The molecule has 0 saturated carbocycles. The van der Waals surface area contributed by atoms with E-state index in [9.17, 15) is 0 Å². The van der Waals surface area contributed by atoms with E-state index in [1.165, 1.54) is 59.6 Å². The summed E-state index contributed by atoms with van der Waals surface area (Å²) in [4.78, 5) is 15.7. The number of aromatic nitrogens is 5. The van der Waals surface area contributed by atoms with Gasteiger partial charge in [-0.15, -0.1) is 0 Å². The summed E-state index contributed by atoms with van der Waals surface area (Å²) in [6, 6.07) is 56.2. The Morgan fingerprint density at radius 2 is 1.10 bits per heavy atom. The molecule has 52 heavy (non-hydrogen) atoms. The topological polar surface area (TPSA) is 48.0 Å². The zero-order valence-corrected chi connectivity index (χ0v) is 27.8. The highest BCUT2D eigenvalue weighted by Crippen LogP contribution is 2.46. The minimum Gasteiger partial charge on any atom is -0.308 e. The summed E-state index contributed by atoms with van der Waals surface area (Å²) in [7, 11) is 0. The fourth-order valence-corrected chi connectivity index (χ4v) is 8.61. The van der Waals surface area contributed by atoms with Gasteiger partial charge in [-0.2, -0.15) is 0 Å². The summed E-state index contributed by atoms with van der Waals surface area (Å²) in [6.45, 7) is 0. The smallest absolute Gasteiger partial charge is 0.180 e. The van der Waals surface area contributed by atoms with E-state index in [0.29, 0.717) is 5.65 Å². The van der Waals surface area contributed by atoms with Crippen LogP contribution in [0.3, 0.4) is 0 Å². The Morgan fingerprint density at radius 1 is 0.423 bits per heavy atom. The van der Waals surface area contributed by atoms with Gasteiger partial charge in [-0.25, -0.2) is 15.0 Å². The van der Waals surface area contributed by atoms with Crippen molar-refractivity contribution in [1.82, 2.24) is 23.9 Å². The average molecular weight is 662 g/mol. The van der Waals surface area contributed by atoms with Crippen LogP contribution < -0.4 is 0 Å². The molecule has 0 aliphatic rings. The standard InChI is InChI=1S/C47H27N5/c1-3-12-28(13-4-1)32-25-37-46(48-27-32)50-47(44(49-37)29-14-5-2-6-15-29)52-40-23-22-39-42(43(40)36-24-30-16-7-8-17-31(30)26-41(36)52)35-20-11-19-34-33-18-9-10-21-38(33)51(39)45(34)35/h1-27H. The van der Waals surface area contributed by atoms with E-state index in [-0.39, 0.29) is 0 Å². The maximum absolute atomic E-state index is 5.40. The molecule has 12 aromatic rings. The van der Waals surface area contributed by atoms with Crippen LogP contribution >= 0.6 is 0 Å². The Labute approximate surface area is 297 Å². The summed E-state index contributed by atoms with van der Waals surface area (Å²) in [5.74, 6) is 0.759. The molecule has 0 bridgehead atoms. The second-order valence-corrected chi connectivity index (χ2v) is 13.7. The molecular formula is C47H27N5. The molecule has 5 nitrogen and oxygen atoms in total. The largest absolute Gasteiger partial charge is 0.308 e. The highest BCUT2D eigenvalue weighted by atomic mass is 15.1. The first-order chi connectivity index (χ1) is 25.8. The van der Waals surface area contributed by atoms with Gasteiger partial charge in [-0.1, -0.05) is 121 Å². The van der Waals surface area contributed by atoms with E-state index in [0.717, 1.165) is 44.8 Å². The Morgan fingerprint density at radius 3 is 1.94 bits per heavy atom. The van der Waals surface area contributed by atoms with Gasteiger partial charge in [0.15, 0.2) is 11.5 Å². The van der Waals surface area contributed by atoms with Crippen molar-refractivity contribution in [3.8, 4) is 28.2 Å². The molecule has 0 amide bonds. The van der Waals surface area contributed by atoms with Crippen molar-refractivity contribution in [3.05, 3.63) is 164 Å². The summed E-state index contributed by atoms with van der Waals surface area (Å²) >= 11 is 0. The number of para-hydroxylation sites is 2. The van der Waals surface area contributed by atoms with Gasteiger partial charge in [0.25, 0.3) is 0 Å². The van der Waals surface area contributed by atoms with Gasteiger partial charge in [0.2, 0.25) is 0 Å². The first-order valence-corrected chi connectivity index (χ1v) is 17.6. The highest BCUT2D eigenvalue weighted by molar-refractivity contribution is 6.33. The van der Waals surface area contributed by atoms with E-state index in [2.05, 4.69) is 142 Å². The lowest BCUT2D eigenvalue weighted by Gasteiger charge is -2.14. The zero-order valence-electron chi connectivity index (χ0n) is 27.8. The van der Waals surface area contributed by atoms with E-state index in [1.807, 2.05) is 30.5 Å². The lowest BCUT2D eigenvalue weighted by atomic mass is 10.0. The van der Waals surface area contributed by atoms with Gasteiger partial charge in [0.1, 0.15) is 11.2 Å². The molecule has 7 aromatic carbocycles. The first kappa shape index (κ1) is 27.7. The van der Waals surface area contributed by atoms with Crippen molar-refractivity contribution in [1.29, 1.82) is 0 Å². The van der Waals surface area contributed by atoms with Gasteiger partial charge < -0.3 is 4.40 Å². The van der Waals surface area contributed by atoms with Crippen molar-refractivity contribution in [2.45, 2.75) is 0 Å². The Hall–Kier alpha value is -7.11. The molecule has 5 aromatic heterocycles. The van der Waals surface area contributed by atoms with E-state index >= 15 is 0 Å². The van der Waals surface area contributed by atoms with E-state index in [4.69, 9.17) is 15.0 Å². The van der Waals surface area contributed by atoms with Gasteiger partial charge in [0.05, 0.1) is 27.6 Å². The van der Waals surface area contributed by atoms with Crippen molar-refractivity contribution >= 4 is 81.8 Å². The molecule has 0 aliphatic carbocycles. The van der Waals surface area contributed by atoms with Crippen LogP contribution in [0.4, 0.5) is 0 Å². The van der Waals surface area contributed by atoms with Crippen molar-refractivity contribution in [3.63, 3.8) is 0 Å². The number of benzene rings is 7. The highest BCUT2D eigenvalue weighted by Gasteiger charge is 2.25. The number of fused-ring (bicyclic) bond motifs is 12. The molecule has 0 radical (unpaired) electrons. The van der Waals surface area contributed by atoms with Crippen molar-refractivity contribution in [2.24, 2.45) is 0 Å². The van der Waals surface area contributed by atoms with Crippen LogP contribution in [0, 0.1) is 0 Å². The normalized spacial score (nSPS) is 12.2. The Kier molecular flexibility index (Phi) is 5.44. The summed E-state index contributed by atoms with van der Waals surface area (Å²) in [5, 5.41) is 9.84. The van der Waals surface area contributed by atoms with Gasteiger partial charge in [-0.05, 0) is 52.7 Å². The first-order valence-electron chi connectivity index (χ1n) is 17.6. The molecular weight excluding hydrogens is 635 g/mol. The summed E-state index contributed by atoms with van der Waals surface area (Å²) < 4.78 is 4.78. The van der Waals surface area contributed by atoms with Crippen molar-refractivity contribution in [2.75, 3.05) is 0 Å².